The summed E-state index contributed by atoms with van der Waals surface area (Å²) in [6, 6.07) is -0.779. The van der Waals surface area contributed by atoms with Crippen molar-refractivity contribution in [1.82, 2.24) is 4.90 Å². The third kappa shape index (κ3) is 2.40. The van der Waals surface area contributed by atoms with Crippen LogP contribution in [0.3, 0.4) is 0 Å². The molecule has 0 aromatic carbocycles. The number of likely N-dealkylation sites (tertiary alicyclic amines) is 1. The topological polar surface area (TPSA) is 60.8 Å². The Bertz CT molecular complexity index is 252. The fraction of sp³-hybridized carbons (Fsp3) is 0.900. The Balaban J connectivity index is 2.95. The van der Waals surface area contributed by atoms with E-state index >= 15 is 0 Å². The summed E-state index contributed by atoms with van der Waals surface area (Å²) in [5.41, 5.74) is -0.515. The lowest BCUT2D eigenvalue weighted by Crippen LogP contribution is -2.59. The monoisotopic (exact) mass is 219 g/mol. The standard InChI is InChI=1S/C10H18FNO3/c1-10(2,3)8-7(11)6(13)4-5-12(8)9(14)15/h6-8,13H,4-5H2,1-3H3,(H,14,15)/t6-,7-,8+/m1/s1. The highest BCUT2D eigenvalue weighted by atomic mass is 19.1. The van der Waals surface area contributed by atoms with Gasteiger partial charge in [0.2, 0.25) is 0 Å². The van der Waals surface area contributed by atoms with Crippen LogP contribution in [0, 0.1) is 5.41 Å². The number of hydrogen-bond acceptors (Lipinski definition) is 2. The second-order valence-electron chi connectivity index (χ2n) is 5.09. The number of amides is 1. The predicted octanol–water partition coefficient (Wildman–Crippen LogP) is 1.48. The Labute approximate surface area is 88.7 Å². The van der Waals surface area contributed by atoms with E-state index in [9.17, 15) is 14.3 Å². The fourth-order valence-electron chi connectivity index (χ4n) is 2.11. The molecule has 1 aliphatic heterocycles. The first-order valence-electron chi connectivity index (χ1n) is 5.07. The third-order valence-electron chi connectivity index (χ3n) is 2.80. The van der Waals surface area contributed by atoms with Crippen LogP contribution in [0.2, 0.25) is 0 Å². The number of rotatable bonds is 0. The summed E-state index contributed by atoms with van der Waals surface area (Å²) in [6.07, 6.45) is -3.51. The molecule has 5 heteroatoms. The van der Waals surface area contributed by atoms with Gasteiger partial charge in [-0.2, -0.15) is 0 Å². The minimum atomic E-state index is -1.50. The van der Waals surface area contributed by atoms with E-state index in [-0.39, 0.29) is 13.0 Å². The van der Waals surface area contributed by atoms with Crippen molar-refractivity contribution in [3.8, 4) is 0 Å². The maximum Gasteiger partial charge on any atom is 0.407 e. The molecule has 15 heavy (non-hydrogen) atoms. The second-order valence-corrected chi connectivity index (χ2v) is 5.09. The summed E-state index contributed by atoms with van der Waals surface area (Å²) in [7, 11) is 0. The molecule has 0 spiro atoms. The van der Waals surface area contributed by atoms with E-state index in [1.165, 1.54) is 0 Å². The smallest absolute Gasteiger partial charge is 0.407 e. The SMILES string of the molecule is CC(C)(C)[C@@H]1[C@H](F)[C@H](O)CCN1C(=O)O. The molecule has 88 valence electrons. The molecule has 1 heterocycles. The Morgan fingerprint density at radius 1 is 1.47 bits per heavy atom. The van der Waals surface area contributed by atoms with E-state index in [1.807, 2.05) is 0 Å². The summed E-state index contributed by atoms with van der Waals surface area (Å²) in [4.78, 5) is 12.0. The zero-order valence-electron chi connectivity index (χ0n) is 9.27. The number of carboxylic acid groups (broad SMARTS) is 1. The predicted molar refractivity (Wildman–Crippen MR) is 53.5 cm³/mol. The van der Waals surface area contributed by atoms with Crippen LogP contribution in [0.4, 0.5) is 9.18 Å². The third-order valence-corrected chi connectivity index (χ3v) is 2.80. The van der Waals surface area contributed by atoms with Crippen LogP contribution in [-0.2, 0) is 0 Å². The lowest BCUT2D eigenvalue weighted by atomic mass is 9.79. The van der Waals surface area contributed by atoms with Gasteiger partial charge in [0.1, 0.15) is 6.17 Å². The molecule has 4 nitrogen and oxygen atoms in total. The molecule has 3 atom stereocenters. The molecule has 0 aromatic heterocycles. The van der Waals surface area contributed by atoms with Crippen molar-refractivity contribution in [2.75, 3.05) is 6.54 Å². The number of aliphatic hydroxyl groups excluding tert-OH is 1. The van der Waals surface area contributed by atoms with E-state index in [2.05, 4.69) is 0 Å². The molecule has 0 aliphatic carbocycles. The van der Waals surface area contributed by atoms with Gasteiger partial charge < -0.3 is 15.1 Å². The van der Waals surface area contributed by atoms with Crippen LogP contribution in [0.5, 0.6) is 0 Å². The molecule has 1 fully saturated rings. The van der Waals surface area contributed by atoms with Crippen molar-refractivity contribution in [3.05, 3.63) is 0 Å². The first-order chi connectivity index (χ1) is 6.75. The Hall–Kier alpha value is -0.840. The van der Waals surface area contributed by atoms with Crippen molar-refractivity contribution in [2.45, 2.75) is 45.5 Å². The maximum atomic E-state index is 13.8. The van der Waals surface area contributed by atoms with E-state index in [4.69, 9.17) is 5.11 Å². The molecule has 0 saturated carbocycles. The highest BCUT2D eigenvalue weighted by Crippen LogP contribution is 2.33. The number of halogens is 1. The number of carbonyl (C=O) groups is 1. The van der Waals surface area contributed by atoms with E-state index in [0.717, 1.165) is 4.90 Å². The molecular formula is C10H18FNO3. The summed E-state index contributed by atoms with van der Waals surface area (Å²) >= 11 is 0. The largest absolute Gasteiger partial charge is 0.465 e. The zero-order chi connectivity index (χ0) is 11.8. The van der Waals surface area contributed by atoms with Gasteiger partial charge in [0, 0.05) is 6.54 Å². The molecule has 1 saturated heterocycles. The van der Waals surface area contributed by atoms with Gasteiger partial charge in [0.25, 0.3) is 0 Å². The van der Waals surface area contributed by atoms with Crippen LogP contribution >= 0.6 is 0 Å². The van der Waals surface area contributed by atoms with Crippen molar-refractivity contribution in [3.63, 3.8) is 0 Å². The minimum Gasteiger partial charge on any atom is -0.465 e. The number of alkyl halides is 1. The quantitative estimate of drug-likeness (QED) is 0.648. The van der Waals surface area contributed by atoms with Crippen molar-refractivity contribution >= 4 is 6.09 Å². The molecule has 2 N–H and O–H groups in total. The minimum absolute atomic E-state index is 0.167. The number of hydrogen-bond donors (Lipinski definition) is 2. The molecular weight excluding hydrogens is 201 g/mol. The lowest BCUT2D eigenvalue weighted by Gasteiger charge is -2.45. The fourth-order valence-corrected chi connectivity index (χ4v) is 2.11. The first kappa shape index (κ1) is 12.2. The van der Waals surface area contributed by atoms with Gasteiger partial charge in [-0.1, -0.05) is 20.8 Å². The average molecular weight is 219 g/mol. The van der Waals surface area contributed by atoms with Gasteiger partial charge in [-0.15, -0.1) is 0 Å². The lowest BCUT2D eigenvalue weighted by molar-refractivity contribution is -0.0609. The van der Waals surface area contributed by atoms with Crippen LogP contribution in [-0.4, -0.2) is 46.1 Å². The van der Waals surface area contributed by atoms with Crippen molar-refractivity contribution in [2.24, 2.45) is 5.41 Å². The van der Waals surface area contributed by atoms with Gasteiger partial charge in [-0.25, -0.2) is 9.18 Å². The van der Waals surface area contributed by atoms with E-state index in [1.54, 1.807) is 20.8 Å². The maximum absolute atomic E-state index is 13.8. The molecule has 0 aromatic rings. The van der Waals surface area contributed by atoms with Crippen LogP contribution in [0.15, 0.2) is 0 Å². The van der Waals surface area contributed by atoms with Gasteiger partial charge >= 0.3 is 6.09 Å². The molecule has 1 amide bonds. The highest BCUT2D eigenvalue weighted by Gasteiger charge is 2.45. The second kappa shape index (κ2) is 3.96. The molecule has 0 bridgehead atoms. The summed E-state index contributed by atoms with van der Waals surface area (Å²) in [5, 5.41) is 18.4. The van der Waals surface area contributed by atoms with Crippen LogP contribution in [0.1, 0.15) is 27.2 Å². The highest BCUT2D eigenvalue weighted by molar-refractivity contribution is 5.66. The zero-order valence-corrected chi connectivity index (χ0v) is 9.27. The Morgan fingerprint density at radius 2 is 2.00 bits per heavy atom. The van der Waals surface area contributed by atoms with E-state index < -0.39 is 29.8 Å². The molecule has 1 aliphatic rings. The number of piperidine rings is 1. The summed E-state index contributed by atoms with van der Waals surface area (Å²) in [5.74, 6) is 0. The van der Waals surface area contributed by atoms with Crippen LogP contribution in [0.25, 0.3) is 0 Å². The number of nitrogens with zero attached hydrogens (tertiary/aromatic N) is 1. The molecule has 0 unspecified atom stereocenters. The normalized spacial score (nSPS) is 32.9. The van der Waals surface area contributed by atoms with Crippen molar-refractivity contribution in [1.29, 1.82) is 0 Å². The van der Waals surface area contributed by atoms with Gasteiger partial charge in [-0.3, -0.25) is 0 Å². The molecule has 0 radical (unpaired) electrons. The first-order valence-corrected chi connectivity index (χ1v) is 5.07. The van der Waals surface area contributed by atoms with Crippen molar-refractivity contribution < 1.29 is 19.4 Å². The summed E-state index contributed by atoms with van der Waals surface area (Å²) < 4.78 is 13.8. The van der Waals surface area contributed by atoms with Crippen LogP contribution < -0.4 is 0 Å². The van der Waals surface area contributed by atoms with Gasteiger partial charge in [0.15, 0.2) is 0 Å². The number of aliphatic hydroxyl groups is 1. The Morgan fingerprint density at radius 3 is 2.40 bits per heavy atom. The van der Waals surface area contributed by atoms with Gasteiger partial charge in [0.05, 0.1) is 12.1 Å². The van der Waals surface area contributed by atoms with Gasteiger partial charge in [-0.05, 0) is 11.8 Å². The molecule has 1 rings (SSSR count). The summed E-state index contributed by atoms with van der Waals surface area (Å²) in [6.45, 7) is 5.52. The average Bonchev–Trinajstić information content (AvgIpc) is 2.06. The Kier molecular flexibility index (Phi) is 3.23. The van der Waals surface area contributed by atoms with E-state index in [0.29, 0.717) is 0 Å².